The number of para-hydroxylation sites is 1. The smallest absolute Gasteiger partial charge is 0.294 e. The molecule has 3 rings (SSSR count). The zero-order valence-corrected chi connectivity index (χ0v) is 13.7. The molecule has 1 aliphatic carbocycles. The second kappa shape index (κ2) is 7.29. The van der Waals surface area contributed by atoms with Crippen LogP contribution in [0.1, 0.15) is 58.7 Å². The van der Waals surface area contributed by atoms with E-state index < -0.39 is 5.91 Å². The molecule has 1 fully saturated rings. The predicted molar refractivity (Wildman–Crippen MR) is 90.0 cm³/mol. The van der Waals surface area contributed by atoms with Gasteiger partial charge in [0.25, 0.3) is 11.8 Å². The number of aromatic nitrogens is 1. The molecule has 0 aliphatic heterocycles. The Morgan fingerprint density at radius 1 is 1.12 bits per heavy atom. The van der Waals surface area contributed by atoms with Gasteiger partial charge in [0.2, 0.25) is 5.76 Å². The Bertz CT molecular complexity index is 733. The summed E-state index contributed by atoms with van der Waals surface area (Å²) < 4.78 is 4.96. The van der Waals surface area contributed by atoms with E-state index in [1.54, 1.807) is 37.3 Å². The number of carbonyl (C=O) groups is 2. The molecule has 6 nitrogen and oxygen atoms in total. The maximum Gasteiger partial charge on any atom is 0.294 e. The third kappa shape index (κ3) is 3.82. The molecule has 24 heavy (non-hydrogen) atoms. The van der Waals surface area contributed by atoms with Crippen LogP contribution in [-0.2, 0) is 0 Å². The number of carbonyl (C=O) groups excluding carboxylic acids is 2. The molecule has 0 bridgehead atoms. The average Bonchev–Trinajstić information content (AvgIpc) is 3.03. The quantitative estimate of drug-likeness (QED) is 0.902. The highest BCUT2D eigenvalue weighted by molar-refractivity contribution is 6.07. The van der Waals surface area contributed by atoms with Gasteiger partial charge in [-0.25, -0.2) is 0 Å². The lowest BCUT2D eigenvalue weighted by atomic mass is 9.95. The highest BCUT2D eigenvalue weighted by Gasteiger charge is 2.20. The van der Waals surface area contributed by atoms with Crippen molar-refractivity contribution in [3.8, 4) is 0 Å². The minimum atomic E-state index is -0.423. The van der Waals surface area contributed by atoms with Crippen molar-refractivity contribution in [2.75, 3.05) is 5.32 Å². The highest BCUT2D eigenvalue weighted by Crippen LogP contribution is 2.20. The zero-order valence-electron chi connectivity index (χ0n) is 13.7. The summed E-state index contributed by atoms with van der Waals surface area (Å²) in [4.78, 5) is 24.8. The van der Waals surface area contributed by atoms with Crippen molar-refractivity contribution < 1.29 is 14.1 Å². The van der Waals surface area contributed by atoms with Crippen LogP contribution in [0.5, 0.6) is 0 Å². The lowest BCUT2D eigenvalue weighted by Crippen LogP contribution is -2.36. The summed E-state index contributed by atoms with van der Waals surface area (Å²) in [6.45, 7) is 1.74. The summed E-state index contributed by atoms with van der Waals surface area (Å²) in [6.07, 6.45) is 5.55. The summed E-state index contributed by atoms with van der Waals surface area (Å²) in [5, 5.41) is 9.49. The zero-order chi connectivity index (χ0) is 16.9. The maximum atomic E-state index is 12.6. The minimum Gasteiger partial charge on any atom is -0.351 e. The third-order valence-electron chi connectivity index (χ3n) is 4.21. The summed E-state index contributed by atoms with van der Waals surface area (Å²) in [5.74, 6) is -0.463. The van der Waals surface area contributed by atoms with E-state index in [2.05, 4.69) is 15.8 Å². The van der Waals surface area contributed by atoms with Gasteiger partial charge in [-0.05, 0) is 31.9 Å². The Kier molecular flexibility index (Phi) is 4.93. The van der Waals surface area contributed by atoms with Crippen LogP contribution >= 0.6 is 0 Å². The van der Waals surface area contributed by atoms with Gasteiger partial charge in [-0.1, -0.05) is 36.6 Å². The van der Waals surface area contributed by atoms with Crippen LogP contribution in [0.2, 0.25) is 0 Å². The minimum absolute atomic E-state index is 0.120. The van der Waals surface area contributed by atoms with E-state index in [4.69, 9.17) is 4.52 Å². The molecule has 1 saturated carbocycles. The standard InChI is InChI=1S/C18H21N3O3/c1-12-11-16(24-21-12)18(23)20-15-10-6-5-9-14(15)17(22)19-13-7-3-2-4-8-13/h5-6,9-11,13H,2-4,7-8H2,1H3,(H,19,22)(H,20,23). The fourth-order valence-electron chi connectivity index (χ4n) is 2.95. The number of nitrogens with zero attached hydrogens (tertiary/aromatic N) is 1. The van der Waals surface area contributed by atoms with Gasteiger partial charge in [0.05, 0.1) is 16.9 Å². The number of hydrogen-bond acceptors (Lipinski definition) is 4. The van der Waals surface area contributed by atoms with Crippen LogP contribution in [-0.4, -0.2) is 23.0 Å². The van der Waals surface area contributed by atoms with Crippen molar-refractivity contribution in [1.82, 2.24) is 10.5 Å². The lowest BCUT2D eigenvalue weighted by Gasteiger charge is -2.23. The van der Waals surface area contributed by atoms with Crippen molar-refractivity contribution >= 4 is 17.5 Å². The van der Waals surface area contributed by atoms with Crippen molar-refractivity contribution in [1.29, 1.82) is 0 Å². The van der Waals surface area contributed by atoms with E-state index in [-0.39, 0.29) is 17.7 Å². The lowest BCUT2D eigenvalue weighted by molar-refractivity contribution is 0.0928. The largest absolute Gasteiger partial charge is 0.351 e. The van der Waals surface area contributed by atoms with E-state index in [1.807, 2.05) is 0 Å². The number of amides is 2. The van der Waals surface area contributed by atoms with Crippen LogP contribution in [0.25, 0.3) is 0 Å². The Morgan fingerprint density at radius 3 is 2.58 bits per heavy atom. The van der Waals surface area contributed by atoms with Crippen molar-refractivity contribution in [2.45, 2.75) is 45.1 Å². The molecule has 2 N–H and O–H groups in total. The fraction of sp³-hybridized carbons (Fsp3) is 0.389. The van der Waals surface area contributed by atoms with E-state index >= 15 is 0 Å². The molecule has 0 spiro atoms. The Morgan fingerprint density at radius 2 is 1.88 bits per heavy atom. The van der Waals surface area contributed by atoms with E-state index in [9.17, 15) is 9.59 Å². The van der Waals surface area contributed by atoms with Crippen LogP contribution in [0.3, 0.4) is 0 Å². The molecule has 1 aromatic carbocycles. The molecule has 2 aromatic rings. The van der Waals surface area contributed by atoms with Crippen molar-refractivity contribution in [3.05, 3.63) is 47.3 Å². The Balaban J connectivity index is 1.72. The summed E-state index contributed by atoms with van der Waals surface area (Å²) in [6, 6.07) is 8.74. The van der Waals surface area contributed by atoms with E-state index in [1.165, 1.54) is 6.42 Å². The number of aryl methyl sites for hydroxylation is 1. The fourth-order valence-corrected chi connectivity index (χ4v) is 2.95. The monoisotopic (exact) mass is 327 g/mol. The van der Waals surface area contributed by atoms with Gasteiger partial charge in [0.15, 0.2) is 0 Å². The highest BCUT2D eigenvalue weighted by atomic mass is 16.5. The Hall–Kier alpha value is -2.63. The van der Waals surface area contributed by atoms with Gasteiger partial charge in [-0.15, -0.1) is 0 Å². The summed E-state index contributed by atoms with van der Waals surface area (Å²) >= 11 is 0. The molecule has 126 valence electrons. The van der Waals surface area contributed by atoms with Gasteiger partial charge in [-0.3, -0.25) is 9.59 Å². The van der Waals surface area contributed by atoms with Crippen molar-refractivity contribution in [2.24, 2.45) is 0 Å². The second-order valence-electron chi connectivity index (χ2n) is 6.14. The number of anilines is 1. The predicted octanol–water partition coefficient (Wildman–Crippen LogP) is 3.30. The van der Waals surface area contributed by atoms with Gasteiger partial charge < -0.3 is 15.2 Å². The first kappa shape index (κ1) is 16.2. The molecule has 1 heterocycles. The molecule has 0 saturated heterocycles. The average molecular weight is 327 g/mol. The van der Waals surface area contributed by atoms with E-state index in [0.29, 0.717) is 16.9 Å². The Labute approximate surface area is 140 Å². The molecule has 1 aromatic heterocycles. The molecule has 0 atom stereocenters. The first-order valence-electron chi connectivity index (χ1n) is 8.28. The normalized spacial score (nSPS) is 15.0. The molecule has 0 unspecified atom stereocenters. The third-order valence-corrected chi connectivity index (χ3v) is 4.21. The summed E-state index contributed by atoms with van der Waals surface area (Å²) in [5.41, 5.74) is 1.54. The van der Waals surface area contributed by atoms with Gasteiger partial charge in [0, 0.05) is 12.1 Å². The van der Waals surface area contributed by atoms with E-state index in [0.717, 1.165) is 25.7 Å². The van der Waals surface area contributed by atoms with Crippen molar-refractivity contribution in [3.63, 3.8) is 0 Å². The SMILES string of the molecule is Cc1cc(C(=O)Nc2ccccc2C(=O)NC2CCCCC2)on1. The molecule has 0 radical (unpaired) electrons. The van der Waals surface area contributed by atoms with Gasteiger partial charge >= 0.3 is 0 Å². The van der Waals surface area contributed by atoms with Crippen LogP contribution < -0.4 is 10.6 Å². The first-order valence-corrected chi connectivity index (χ1v) is 8.28. The topological polar surface area (TPSA) is 84.2 Å². The molecule has 1 aliphatic rings. The first-order chi connectivity index (χ1) is 11.6. The second-order valence-corrected chi connectivity index (χ2v) is 6.14. The molecular weight excluding hydrogens is 306 g/mol. The number of nitrogens with one attached hydrogen (secondary N) is 2. The van der Waals surface area contributed by atoms with Crippen LogP contribution in [0.4, 0.5) is 5.69 Å². The molecule has 6 heteroatoms. The molecular formula is C18H21N3O3. The van der Waals surface area contributed by atoms with Gasteiger partial charge in [0.1, 0.15) is 0 Å². The van der Waals surface area contributed by atoms with Crippen LogP contribution in [0, 0.1) is 6.92 Å². The number of benzene rings is 1. The molecule has 2 amide bonds. The number of rotatable bonds is 4. The van der Waals surface area contributed by atoms with Crippen LogP contribution in [0.15, 0.2) is 34.9 Å². The summed E-state index contributed by atoms with van der Waals surface area (Å²) in [7, 11) is 0. The van der Waals surface area contributed by atoms with Gasteiger partial charge in [-0.2, -0.15) is 0 Å². The number of hydrogen-bond donors (Lipinski definition) is 2. The maximum absolute atomic E-state index is 12.6.